The zero-order valence-electron chi connectivity index (χ0n) is 16.4. The number of likely N-dealkylation sites (tertiary alicyclic amines) is 1. The van der Waals surface area contributed by atoms with E-state index in [2.05, 4.69) is 48.9 Å². The number of ether oxygens (including phenoxy) is 1. The first kappa shape index (κ1) is 18.8. The molecule has 3 nitrogen and oxygen atoms in total. The fourth-order valence-electron chi connectivity index (χ4n) is 3.75. The maximum atomic E-state index is 12.9. The maximum Gasteiger partial charge on any atom is 0.253 e. The Balaban J connectivity index is 1.36. The summed E-state index contributed by atoms with van der Waals surface area (Å²) < 4.78 is 6.27. The second-order valence-corrected chi connectivity index (χ2v) is 8.20. The van der Waals surface area contributed by atoms with Crippen molar-refractivity contribution in [1.82, 2.24) is 4.90 Å². The molecule has 0 saturated carbocycles. The van der Waals surface area contributed by atoms with Crippen molar-refractivity contribution in [3.05, 3.63) is 76.0 Å². The van der Waals surface area contributed by atoms with Crippen molar-refractivity contribution in [3.8, 4) is 16.9 Å². The van der Waals surface area contributed by atoms with E-state index in [-0.39, 0.29) is 12.0 Å². The number of para-hydroxylation sites is 1. The van der Waals surface area contributed by atoms with Gasteiger partial charge in [-0.15, -0.1) is 0 Å². The Bertz CT molecular complexity index is 919. The highest BCUT2D eigenvalue weighted by molar-refractivity contribution is 7.08. The molecule has 0 N–H and O–H groups in total. The second-order valence-electron chi connectivity index (χ2n) is 7.42. The van der Waals surface area contributed by atoms with Crippen LogP contribution in [0.3, 0.4) is 0 Å². The number of benzene rings is 2. The van der Waals surface area contributed by atoms with Crippen molar-refractivity contribution in [2.45, 2.75) is 32.8 Å². The zero-order valence-corrected chi connectivity index (χ0v) is 17.2. The molecule has 3 aromatic rings. The average molecular weight is 392 g/mol. The Morgan fingerprint density at radius 2 is 1.64 bits per heavy atom. The number of hydrogen-bond acceptors (Lipinski definition) is 3. The summed E-state index contributed by atoms with van der Waals surface area (Å²) in [6, 6.07) is 16.3. The van der Waals surface area contributed by atoms with Crippen molar-refractivity contribution >= 4 is 17.2 Å². The summed E-state index contributed by atoms with van der Waals surface area (Å²) in [4.78, 5) is 14.8. The van der Waals surface area contributed by atoms with Crippen LogP contribution < -0.4 is 4.74 Å². The Kier molecular flexibility index (Phi) is 5.49. The van der Waals surface area contributed by atoms with Crippen LogP contribution in [0, 0.1) is 13.8 Å². The summed E-state index contributed by atoms with van der Waals surface area (Å²) >= 11 is 1.68. The maximum absolute atomic E-state index is 12.9. The van der Waals surface area contributed by atoms with Gasteiger partial charge in [0.15, 0.2) is 0 Å². The fraction of sp³-hybridized carbons (Fsp3) is 0.292. The molecule has 0 aliphatic carbocycles. The molecule has 0 radical (unpaired) electrons. The van der Waals surface area contributed by atoms with E-state index in [0.717, 1.165) is 42.8 Å². The smallest absolute Gasteiger partial charge is 0.253 e. The van der Waals surface area contributed by atoms with Crippen LogP contribution in [0.15, 0.2) is 59.3 Å². The lowest BCUT2D eigenvalue weighted by atomic mass is 10.0. The van der Waals surface area contributed by atoms with Crippen molar-refractivity contribution in [2.75, 3.05) is 13.1 Å². The highest BCUT2D eigenvalue weighted by Gasteiger charge is 2.25. The summed E-state index contributed by atoms with van der Waals surface area (Å²) in [5.41, 5.74) is 5.45. The van der Waals surface area contributed by atoms with Gasteiger partial charge < -0.3 is 9.64 Å². The van der Waals surface area contributed by atoms with Crippen LogP contribution in [0.4, 0.5) is 0 Å². The molecule has 1 amide bonds. The number of hydrogen-bond donors (Lipinski definition) is 0. The molecule has 1 aliphatic heterocycles. The molecule has 0 atom stereocenters. The monoisotopic (exact) mass is 391 g/mol. The normalized spacial score (nSPS) is 14.9. The summed E-state index contributed by atoms with van der Waals surface area (Å²) in [6.45, 7) is 5.64. The Hall–Kier alpha value is -2.59. The molecule has 4 heteroatoms. The molecule has 0 bridgehead atoms. The van der Waals surface area contributed by atoms with Gasteiger partial charge in [0.1, 0.15) is 11.9 Å². The van der Waals surface area contributed by atoms with Gasteiger partial charge in [0.25, 0.3) is 5.91 Å². The number of amides is 1. The van der Waals surface area contributed by atoms with Gasteiger partial charge in [-0.2, -0.15) is 11.3 Å². The van der Waals surface area contributed by atoms with Gasteiger partial charge in [-0.1, -0.05) is 30.3 Å². The van der Waals surface area contributed by atoms with Gasteiger partial charge in [0.05, 0.1) is 0 Å². The SMILES string of the molecule is Cc1cccc(C)c1OC1CCN(C(=O)c2ccc(-c3ccsc3)cc2)CC1. The Morgan fingerprint density at radius 3 is 2.25 bits per heavy atom. The van der Waals surface area contributed by atoms with Crippen LogP contribution in [0.5, 0.6) is 5.75 Å². The van der Waals surface area contributed by atoms with Crippen LogP contribution in [-0.2, 0) is 0 Å². The molecular formula is C24H25NO2S. The molecule has 4 rings (SSSR count). The summed E-state index contributed by atoms with van der Waals surface area (Å²) in [7, 11) is 0. The number of aryl methyl sites for hydroxylation is 2. The van der Waals surface area contributed by atoms with Gasteiger partial charge in [-0.25, -0.2) is 0 Å². The largest absolute Gasteiger partial charge is 0.490 e. The van der Waals surface area contributed by atoms with Crippen LogP contribution in [0.1, 0.15) is 34.3 Å². The van der Waals surface area contributed by atoms with Crippen molar-refractivity contribution < 1.29 is 9.53 Å². The highest BCUT2D eigenvalue weighted by atomic mass is 32.1. The first-order valence-electron chi connectivity index (χ1n) is 9.76. The van der Waals surface area contributed by atoms with E-state index >= 15 is 0 Å². The van der Waals surface area contributed by atoms with Gasteiger partial charge in [-0.05, 0) is 65.1 Å². The number of rotatable bonds is 4. The van der Waals surface area contributed by atoms with E-state index in [0.29, 0.717) is 0 Å². The predicted molar refractivity (Wildman–Crippen MR) is 115 cm³/mol. The number of thiophene rings is 1. The van der Waals surface area contributed by atoms with E-state index in [9.17, 15) is 4.79 Å². The topological polar surface area (TPSA) is 29.5 Å². The van der Waals surface area contributed by atoms with Gasteiger partial charge in [0, 0.05) is 31.5 Å². The molecule has 0 spiro atoms. The molecule has 2 heterocycles. The first-order valence-corrected chi connectivity index (χ1v) is 10.7. The standard InChI is InChI=1S/C24H25NO2S/c1-17-4-3-5-18(2)23(17)27-22-10-13-25(14-11-22)24(26)20-8-6-19(7-9-20)21-12-15-28-16-21/h3-9,12,15-16,22H,10-11,13-14H2,1-2H3. The molecule has 1 aromatic heterocycles. The zero-order chi connectivity index (χ0) is 19.5. The van der Waals surface area contributed by atoms with Crippen LogP contribution >= 0.6 is 11.3 Å². The molecule has 144 valence electrons. The quantitative estimate of drug-likeness (QED) is 0.570. The molecule has 2 aromatic carbocycles. The lowest BCUT2D eigenvalue weighted by molar-refractivity contribution is 0.0593. The minimum absolute atomic E-state index is 0.113. The number of carbonyl (C=O) groups is 1. The second kappa shape index (κ2) is 8.19. The van der Waals surface area contributed by atoms with E-state index < -0.39 is 0 Å². The van der Waals surface area contributed by atoms with Crippen molar-refractivity contribution in [3.63, 3.8) is 0 Å². The molecule has 28 heavy (non-hydrogen) atoms. The van der Waals surface area contributed by atoms with Crippen molar-refractivity contribution in [1.29, 1.82) is 0 Å². The number of piperidine rings is 1. The van der Waals surface area contributed by atoms with Gasteiger partial charge in [-0.3, -0.25) is 4.79 Å². The van der Waals surface area contributed by atoms with Crippen molar-refractivity contribution in [2.24, 2.45) is 0 Å². The van der Waals surface area contributed by atoms with Crippen LogP contribution in [-0.4, -0.2) is 30.0 Å². The fourth-order valence-corrected chi connectivity index (χ4v) is 4.41. The van der Waals surface area contributed by atoms with Gasteiger partial charge in [0.2, 0.25) is 0 Å². The summed E-state index contributed by atoms with van der Waals surface area (Å²) in [6.07, 6.45) is 1.91. The first-order chi connectivity index (χ1) is 13.6. The lowest BCUT2D eigenvalue weighted by Gasteiger charge is -2.33. The molecule has 1 aliphatic rings. The predicted octanol–water partition coefficient (Wildman–Crippen LogP) is 5.72. The van der Waals surface area contributed by atoms with Crippen LogP contribution in [0.25, 0.3) is 11.1 Å². The molecule has 1 saturated heterocycles. The molecule has 0 unspecified atom stereocenters. The number of carbonyl (C=O) groups excluding carboxylic acids is 1. The van der Waals surface area contributed by atoms with Crippen LogP contribution in [0.2, 0.25) is 0 Å². The molecule has 1 fully saturated rings. The average Bonchev–Trinajstić information content (AvgIpc) is 3.26. The minimum Gasteiger partial charge on any atom is -0.490 e. The third-order valence-corrected chi connectivity index (χ3v) is 6.09. The summed E-state index contributed by atoms with van der Waals surface area (Å²) in [5.74, 6) is 1.11. The molecular weight excluding hydrogens is 366 g/mol. The van der Waals surface area contributed by atoms with E-state index in [1.165, 1.54) is 16.7 Å². The Morgan fingerprint density at radius 1 is 0.964 bits per heavy atom. The highest BCUT2D eigenvalue weighted by Crippen LogP contribution is 2.27. The third kappa shape index (κ3) is 3.97. The third-order valence-electron chi connectivity index (χ3n) is 5.41. The minimum atomic E-state index is 0.113. The lowest BCUT2D eigenvalue weighted by Crippen LogP contribution is -2.41. The van der Waals surface area contributed by atoms with Gasteiger partial charge >= 0.3 is 0 Å². The number of nitrogens with zero attached hydrogens (tertiary/aromatic N) is 1. The van der Waals surface area contributed by atoms with E-state index in [1.807, 2.05) is 29.2 Å². The summed E-state index contributed by atoms with van der Waals surface area (Å²) in [5, 5.41) is 4.19. The van der Waals surface area contributed by atoms with E-state index in [4.69, 9.17) is 4.74 Å². The van der Waals surface area contributed by atoms with E-state index in [1.54, 1.807) is 11.3 Å². The Labute approximate surface area is 170 Å².